The number of aryl methyl sites for hydroxylation is 3. The molecular formula is C14H16O3. The monoisotopic (exact) mass is 232 g/mol. The van der Waals surface area contributed by atoms with Gasteiger partial charge in [0.05, 0.1) is 0 Å². The van der Waals surface area contributed by atoms with E-state index in [0.29, 0.717) is 18.4 Å². The molecule has 0 spiro atoms. The van der Waals surface area contributed by atoms with Gasteiger partial charge in [0.25, 0.3) is 0 Å². The number of ketones is 1. The van der Waals surface area contributed by atoms with Crippen molar-refractivity contribution in [2.24, 2.45) is 5.41 Å². The summed E-state index contributed by atoms with van der Waals surface area (Å²) in [5.74, 6) is -1.22. The van der Waals surface area contributed by atoms with Crippen molar-refractivity contribution in [3.63, 3.8) is 0 Å². The number of rotatable bonds is 3. The van der Waals surface area contributed by atoms with E-state index in [2.05, 4.69) is 0 Å². The molecule has 3 heteroatoms. The molecule has 3 nitrogen and oxygen atoms in total. The van der Waals surface area contributed by atoms with Crippen LogP contribution in [0.3, 0.4) is 0 Å². The van der Waals surface area contributed by atoms with Gasteiger partial charge in [-0.05, 0) is 56.4 Å². The van der Waals surface area contributed by atoms with Crippen LogP contribution in [0.2, 0.25) is 0 Å². The molecule has 0 unspecified atom stereocenters. The zero-order valence-corrected chi connectivity index (χ0v) is 10.3. The Morgan fingerprint density at radius 3 is 2.06 bits per heavy atom. The van der Waals surface area contributed by atoms with E-state index in [1.807, 2.05) is 32.9 Å². The van der Waals surface area contributed by atoms with Crippen LogP contribution in [0, 0.1) is 26.2 Å². The van der Waals surface area contributed by atoms with Crippen LogP contribution in [0.1, 0.15) is 39.9 Å². The van der Waals surface area contributed by atoms with Gasteiger partial charge in [0.15, 0.2) is 5.78 Å². The average molecular weight is 232 g/mol. The van der Waals surface area contributed by atoms with Crippen LogP contribution in [-0.2, 0) is 4.79 Å². The van der Waals surface area contributed by atoms with Gasteiger partial charge in [-0.3, -0.25) is 9.59 Å². The van der Waals surface area contributed by atoms with Gasteiger partial charge < -0.3 is 5.11 Å². The fourth-order valence-corrected chi connectivity index (χ4v) is 2.13. The summed E-state index contributed by atoms with van der Waals surface area (Å²) in [6.45, 7) is 5.78. The van der Waals surface area contributed by atoms with Crippen LogP contribution in [0.15, 0.2) is 12.1 Å². The number of aliphatic carboxylic acids is 1. The minimum absolute atomic E-state index is 0.231. The smallest absolute Gasteiger partial charge is 0.317 e. The first kappa shape index (κ1) is 11.8. The van der Waals surface area contributed by atoms with Crippen LogP contribution >= 0.6 is 0 Å². The molecule has 1 aromatic carbocycles. The summed E-state index contributed by atoms with van der Waals surface area (Å²) in [7, 11) is 0. The largest absolute Gasteiger partial charge is 0.480 e. The Bertz CT molecular complexity index is 510. The molecule has 1 aliphatic carbocycles. The summed E-state index contributed by atoms with van der Waals surface area (Å²) in [4.78, 5) is 23.4. The first-order chi connectivity index (χ1) is 7.88. The molecule has 0 aromatic heterocycles. The molecule has 1 aromatic rings. The van der Waals surface area contributed by atoms with E-state index in [1.165, 1.54) is 0 Å². The van der Waals surface area contributed by atoms with Crippen molar-refractivity contribution < 1.29 is 14.7 Å². The van der Waals surface area contributed by atoms with Crippen LogP contribution in [0.4, 0.5) is 0 Å². The van der Waals surface area contributed by atoms with Crippen LogP contribution < -0.4 is 0 Å². The Labute approximate surface area is 100 Å². The highest BCUT2D eigenvalue weighted by molar-refractivity contribution is 6.15. The molecule has 17 heavy (non-hydrogen) atoms. The molecule has 0 aliphatic heterocycles. The quantitative estimate of drug-likeness (QED) is 0.644. The van der Waals surface area contributed by atoms with Crippen molar-refractivity contribution in [2.45, 2.75) is 33.6 Å². The van der Waals surface area contributed by atoms with Crippen LogP contribution in [-0.4, -0.2) is 16.9 Å². The number of carbonyl (C=O) groups excluding carboxylic acids is 1. The van der Waals surface area contributed by atoms with Gasteiger partial charge in [0, 0.05) is 5.56 Å². The van der Waals surface area contributed by atoms with Gasteiger partial charge in [-0.1, -0.05) is 6.07 Å². The highest BCUT2D eigenvalue weighted by atomic mass is 16.4. The maximum atomic E-state index is 12.3. The first-order valence-electron chi connectivity index (χ1n) is 5.74. The topological polar surface area (TPSA) is 54.4 Å². The van der Waals surface area contributed by atoms with Crippen LogP contribution in [0.5, 0.6) is 0 Å². The highest BCUT2D eigenvalue weighted by Crippen LogP contribution is 2.48. The maximum absolute atomic E-state index is 12.3. The molecule has 0 bridgehead atoms. The third-order valence-electron chi connectivity index (χ3n) is 3.68. The Morgan fingerprint density at radius 2 is 1.59 bits per heavy atom. The molecule has 0 atom stereocenters. The lowest BCUT2D eigenvalue weighted by molar-refractivity contribution is -0.141. The van der Waals surface area contributed by atoms with E-state index in [9.17, 15) is 9.59 Å². The van der Waals surface area contributed by atoms with Crippen molar-refractivity contribution in [3.8, 4) is 0 Å². The lowest BCUT2D eigenvalue weighted by atomic mass is 9.90. The Hall–Kier alpha value is -1.64. The summed E-state index contributed by atoms with van der Waals surface area (Å²) in [5.41, 5.74) is 2.45. The lowest BCUT2D eigenvalue weighted by Gasteiger charge is -2.13. The predicted octanol–water partition coefficient (Wildman–Crippen LogP) is 2.66. The predicted molar refractivity (Wildman–Crippen MR) is 64.3 cm³/mol. The fraction of sp³-hybridized carbons (Fsp3) is 0.429. The Balaban J connectivity index is 2.45. The minimum atomic E-state index is -1.13. The van der Waals surface area contributed by atoms with E-state index in [4.69, 9.17) is 5.11 Å². The van der Waals surface area contributed by atoms with E-state index in [1.54, 1.807) is 0 Å². The summed E-state index contributed by atoms with van der Waals surface area (Å²) in [6, 6.07) is 3.76. The van der Waals surface area contributed by atoms with E-state index in [-0.39, 0.29) is 5.78 Å². The Morgan fingerprint density at radius 1 is 1.06 bits per heavy atom. The van der Waals surface area contributed by atoms with E-state index >= 15 is 0 Å². The van der Waals surface area contributed by atoms with E-state index in [0.717, 1.165) is 16.7 Å². The highest BCUT2D eigenvalue weighted by Gasteiger charge is 2.57. The normalized spacial score (nSPS) is 16.6. The number of carboxylic acids is 1. The zero-order valence-electron chi connectivity index (χ0n) is 10.3. The molecule has 2 rings (SSSR count). The number of carbonyl (C=O) groups is 2. The second-order valence-electron chi connectivity index (χ2n) is 4.97. The molecule has 1 fully saturated rings. The third kappa shape index (κ3) is 1.75. The summed E-state index contributed by atoms with van der Waals surface area (Å²) in [5, 5.41) is 9.13. The molecule has 0 radical (unpaired) electrons. The molecule has 0 heterocycles. The van der Waals surface area contributed by atoms with Gasteiger partial charge in [0.2, 0.25) is 0 Å². The number of hydrogen-bond donors (Lipinski definition) is 1. The summed E-state index contributed by atoms with van der Waals surface area (Å²) >= 11 is 0. The fourth-order valence-electron chi connectivity index (χ4n) is 2.13. The molecule has 1 aliphatic rings. The molecule has 1 saturated carbocycles. The van der Waals surface area contributed by atoms with Crippen molar-refractivity contribution in [1.29, 1.82) is 0 Å². The minimum Gasteiger partial charge on any atom is -0.480 e. The lowest BCUT2D eigenvalue weighted by Crippen LogP contribution is -2.26. The maximum Gasteiger partial charge on any atom is 0.317 e. The first-order valence-corrected chi connectivity index (χ1v) is 5.74. The van der Waals surface area contributed by atoms with Crippen molar-refractivity contribution in [2.75, 3.05) is 0 Å². The van der Waals surface area contributed by atoms with Crippen molar-refractivity contribution >= 4 is 11.8 Å². The van der Waals surface area contributed by atoms with Gasteiger partial charge in [-0.15, -0.1) is 0 Å². The second kappa shape index (κ2) is 3.69. The van der Waals surface area contributed by atoms with Crippen LogP contribution in [0.25, 0.3) is 0 Å². The van der Waals surface area contributed by atoms with Gasteiger partial charge >= 0.3 is 5.97 Å². The second-order valence-corrected chi connectivity index (χ2v) is 4.97. The van der Waals surface area contributed by atoms with Gasteiger partial charge in [0.1, 0.15) is 5.41 Å². The SMILES string of the molecule is Cc1cc(C)c(C(=O)C2(C(=O)O)CC2)cc1C. The van der Waals surface area contributed by atoms with E-state index < -0.39 is 11.4 Å². The van der Waals surface area contributed by atoms with Gasteiger partial charge in [-0.2, -0.15) is 0 Å². The molecule has 0 saturated heterocycles. The molecular weight excluding hydrogens is 216 g/mol. The number of Topliss-reactive ketones (excluding diaryl/α,β-unsaturated/α-hetero) is 1. The molecule has 90 valence electrons. The third-order valence-corrected chi connectivity index (χ3v) is 3.68. The summed E-state index contributed by atoms with van der Waals surface area (Å²) < 4.78 is 0. The molecule has 1 N–H and O–H groups in total. The summed E-state index contributed by atoms with van der Waals surface area (Å²) in [6.07, 6.45) is 0.932. The Kier molecular flexibility index (Phi) is 2.57. The van der Waals surface area contributed by atoms with Crippen molar-refractivity contribution in [1.82, 2.24) is 0 Å². The van der Waals surface area contributed by atoms with Gasteiger partial charge in [-0.25, -0.2) is 0 Å². The standard InChI is InChI=1S/C14H16O3/c1-8-6-10(3)11(7-9(8)2)12(15)14(4-5-14)13(16)17/h6-7H,4-5H2,1-3H3,(H,16,17). The van der Waals surface area contributed by atoms with Crippen molar-refractivity contribution in [3.05, 3.63) is 34.4 Å². The number of carboxylic acid groups (broad SMARTS) is 1. The molecule has 0 amide bonds. The number of hydrogen-bond acceptors (Lipinski definition) is 2. The number of benzene rings is 1. The average Bonchev–Trinajstić information content (AvgIpc) is 3.03. The zero-order chi connectivity index (χ0) is 12.8.